The first-order valence-corrected chi connectivity index (χ1v) is 14.6. The van der Waals surface area contributed by atoms with Gasteiger partial charge in [-0.1, -0.05) is 24.3 Å². The summed E-state index contributed by atoms with van der Waals surface area (Å²) in [7, 11) is 0. The molecule has 1 fully saturated rings. The second kappa shape index (κ2) is 15.9. The van der Waals surface area contributed by atoms with E-state index in [1.807, 2.05) is 0 Å². The SMILES string of the molecule is CC=C1[C@H](O[C@@H]2O[C@H](CO)[C@@H](O)[C@H](O)[C@H]2O)OC=C(C(=O)OCCc2ccc(O)c(O)c2)[C@H]1CC(=O)OCCc1ccc(O)cc1. The van der Waals surface area contributed by atoms with Gasteiger partial charge in [0.1, 0.15) is 30.2 Å². The van der Waals surface area contributed by atoms with Crippen molar-refractivity contribution >= 4 is 11.9 Å². The summed E-state index contributed by atoms with van der Waals surface area (Å²) >= 11 is 0. The normalized spacial score (nSPS) is 27.0. The maximum Gasteiger partial charge on any atom is 0.337 e. The van der Waals surface area contributed by atoms with Gasteiger partial charge in [-0.2, -0.15) is 0 Å². The van der Waals surface area contributed by atoms with Crippen molar-refractivity contribution in [3.63, 3.8) is 0 Å². The lowest BCUT2D eigenvalue weighted by atomic mass is 9.86. The van der Waals surface area contributed by atoms with E-state index >= 15 is 0 Å². The van der Waals surface area contributed by atoms with Crippen LogP contribution in [0.5, 0.6) is 17.2 Å². The number of phenolic OH excluding ortho intramolecular Hbond substituents is 3. The second-order valence-electron chi connectivity index (χ2n) is 10.8. The molecule has 2 heterocycles. The first kappa shape index (κ1) is 34.7. The van der Waals surface area contributed by atoms with Gasteiger partial charge >= 0.3 is 11.9 Å². The minimum absolute atomic E-state index is 0.0196. The Hall–Kier alpha value is -4.18. The third-order valence-corrected chi connectivity index (χ3v) is 7.67. The molecule has 2 aromatic rings. The maximum atomic E-state index is 13.2. The number of aromatic hydroxyl groups is 3. The van der Waals surface area contributed by atoms with E-state index in [-0.39, 0.29) is 54.5 Å². The molecule has 1 saturated heterocycles. The molecule has 0 aromatic heterocycles. The Bertz CT molecular complexity index is 1400. The lowest BCUT2D eigenvalue weighted by Crippen LogP contribution is -2.60. The Morgan fingerprint density at radius 2 is 1.54 bits per heavy atom. The number of hydrogen-bond donors (Lipinski definition) is 7. The van der Waals surface area contributed by atoms with E-state index in [1.54, 1.807) is 31.2 Å². The van der Waals surface area contributed by atoms with Crippen LogP contribution in [0, 0.1) is 5.92 Å². The first-order chi connectivity index (χ1) is 22.0. The monoisotopic (exact) mass is 646 g/mol. The van der Waals surface area contributed by atoms with Gasteiger partial charge in [-0.25, -0.2) is 4.79 Å². The highest BCUT2D eigenvalue weighted by molar-refractivity contribution is 5.91. The van der Waals surface area contributed by atoms with Crippen molar-refractivity contribution in [3.8, 4) is 17.2 Å². The highest BCUT2D eigenvalue weighted by atomic mass is 16.8. The van der Waals surface area contributed by atoms with E-state index in [2.05, 4.69) is 0 Å². The zero-order valence-electron chi connectivity index (χ0n) is 25.0. The van der Waals surface area contributed by atoms with Crippen LogP contribution in [0.15, 0.2) is 65.9 Å². The largest absolute Gasteiger partial charge is 0.508 e. The number of aliphatic hydroxyl groups is 4. The molecule has 0 radical (unpaired) electrons. The summed E-state index contributed by atoms with van der Waals surface area (Å²) in [6.45, 7) is 0.841. The van der Waals surface area contributed by atoms with Gasteiger partial charge in [0.2, 0.25) is 6.29 Å². The van der Waals surface area contributed by atoms with Gasteiger partial charge in [-0.15, -0.1) is 0 Å². The highest BCUT2D eigenvalue weighted by Gasteiger charge is 2.47. The third-order valence-electron chi connectivity index (χ3n) is 7.67. The molecule has 7 N–H and O–H groups in total. The highest BCUT2D eigenvalue weighted by Crippen LogP contribution is 2.36. The lowest BCUT2D eigenvalue weighted by molar-refractivity contribution is -0.327. The molecule has 4 rings (SSSR count). The molecule has 0 spiro atoms. The molecule has 0 unspecified atom stereocenters. The van der Waals surface area contributed by atoms with Crippen LogP contribution in [0.1, 0.15) is 24.5 Å². The zero-order chi connectivity index (χ0) is 33.4. The van der Waals surface area contributed by atoms with Gasteiger partial charge in [-0.05, 0) is 42.3 Å². The Kier molecular flexibility index (Phi) is 12.0. The predicted molar refractivity (Wildman–Crippen MR) is 157 cm³/mol. The van der Waals surface area contributed by atoms with Gasteiger partial charge in [0.25, 0.3) is 0 Å². The topological polar surface area (TPSA) is 222 Å². The Morgan fingerprint density at radius 3 is 2.22 bits per heavy atom. The molecule has 7 atom stereocenters. The Morgan fingerprint density at radius 1 is 0.870 bits per heavy atom. The minimum atomic E-state index is -1.72. The lowest BCUT2D eigenvalue weighted by Gasteiger charge is -2.42. The first-order valence-electron chi connectivity index (χ1n) is 14.6. The summed E-state index contributed by atoms with van der Waals surface area (Å²) in [4.78, 5) is 26.3. The average Bonchev–Trinajstić information content (AvgIpc) is 3.04. The van der Waals surface area contributed by atoms with Crippen LogP contribution in [-0.2, 0) is 46.1 Å². The van der Waals surface area contributed by atoms with E-state index in [9.17, 15) is 45.3 Å². The molecule has 0 aliphatic carbocycles. The van der Waals surface area contributed by atoms with Crippen molar-refractivity contribution in [2.45, 2.75) is 63.2 Å². The number of allylic oxidation sites excluding steroid dienone is 1. The number of carbonyl (C=O) groups excluding carboxylic acids is 2. The van der Waals surface area contributed by atoms with Crippen molar-refractivity contribution in [2.75, 3.05) is 19.8 Å². The molecule has 14 nitrogen and oxygen atoms in total. The van der Waals surface area contributed by atoms with Crippen molar-refractivity contribution in [1.29, 1.82) is 0 Å². The fraction of sp³-hybridized carbons (Fsp3) is 0.438. The molecule has 250 valence electrons. The predicted octanol–water partition coefficient (Wildman–Crippen LogP) is 0.684. The molecule has 0 bridgehead atoms. The molecule has 2 aromatic carbocycles. The molecular weight excluding hydrogens is 608 g/mol. The van der Waals surface area contributed by atoms with Crippen molar-refractivity contribution < 1.29 is 69.0 Å². The van der Waals surface area contributed by atoms with Crippen LogP contribution < -0.4 is 0 Å². The Labute approximate surface area is 264 Å². The van der Waals surface area contributed by atoms with Crippen molar-refractivity contribution in [1.82, 2.24) is 0 Å². The number of rotatable bonds is 12. The number of benzene rings is 2. The molecule has 14 heteroatoms. The summed E-state index contributed by atoms with van der Waals surface area (Å²) in [5.41, 5.74) is 1.65. The van der Waals surface area contributed by atoms with Gasteiger partial charge in [-0.3, -0.25) is 4.79 Å². The maximum absolute atomic E-state index is 13.2. The van der Waals surface area contributed by atoms with Crippen LogP contribution >= 0.6 is 0 Å². The standard InChI is InChI=1S/C32H38O14/c1-2-20-21(14-26(37)42-11-9-17-3-6-19(34)7-4-17)22(30(41)43-12-10-18-5-8-23(35)24(36)13-18)16-44-31(20)46-32-29(40)28(39)27(38)25(15-33)45-32/h2-8,13,16,21,25,27-29,31-36,38-40H,9-12,14-15H2,1H3/t21-,25+,27+,28-,29+,31-,32-/m0/s1. The van der Waals surface area contributed by atoms with Gasteiger partial charge in [0.05, 0.1) is 38.1 Å². The van der Waals surface area contributed by atoms with Crippen LogP contribution in [0.2, 0.25) is 0 Å². The van der Waals surface area contributed by atoms with E-state index < -0.39 is 61.5 Å². The van der Waals surface area contributed by atoms with Crippen molar-refractivity contribution in [3.05, 3.63) is 77.1 Å². The van der Waals surface area contributed by atoms with Crippen LogP contribution in [-0.4, -0.2) is 105 Å². The van der Waals surface area contributed by atoms with E-state index in [1.165, 1.54) is 24.3 Å². The number of esters is 2. The summed E-state index contributed by atoms with van der Waals surface area (Å²) in [6.07, 6.45) is -6.31. The zero-order valence-corrected chi connectivity index (χ0v) is 25.0. The second-order valence-corrected chi connectivity index (χ2v) is 10.8. The number of ether oxygens (including phenoxy) is 5. The van der Waals surface area contributed by atoms with E-state index in [0.717, 1.165) is 11.8 Å². The number of aliphatic hydroxyl groups excluding tert-OH is 4. The number of carbonyl (C=O) groups is 2. The quantitative estimate of drug-likeness (QED) is 0.0958. The van der Waals surface area contributed by atoms with Crippen molar-refractivity contribution in [2.24, 2.45) is 5.92 Å². The molecule has 0 amide bonds. The molecule has 2 aliphatic heterocycles. The van der Waals surface area contributed by atoms with Gasteiger partial charge in [0, 0.05) is 24.3 Å². The molecule has 2 aliphatic rings. The summed E-state index contributed by atoms with van der Waals surface area (Å²) in [5, 5.41) is 69.0. The van der Waals surface area contributed by atoms with Crippen LogP contribution in [0.3, 0.4) is 0 Å². The number of hydrogen-bond acceptors (Lipinski definition) is 14. The summed E-state index contributed by atoms with van der Waals surface area (Å²) in [6, 6.07) is 10.6. The van der Waals surface area contributed by atoms with E-state index in [4.69, 9.17) is 23.7 Å². The van der Waals surface area contributed by atoms with E-state index in [0.29, 0.717) is 12.0 Å². The average molecular weight is 647 g/mol. The fourth-order valence-electron chi connectivity index (χ4n) is 5.05. The summed E-state index contributed by atoms with van der Waals surface area (Å²) in [5.74, 6) is -2.95. The van der Waals surface area contributed by atoms with Gasteiger partial charge in [0.15, 0.2) is 17.8 Å². The molecule has 46 heavy (non-hydrogen) atoms. The number of phenols is 3. The van der Waals surface area contributed by atoms with Crippen LogP contribution in [0.25, 0.3) is 0 Å². The van der Waals surface area contributed by atoms with Gasteiger partial charge < -0.3 is 59.4 Å². The third kappa shape index (κ3) is 8.54. The molecule has 0 saturated carbocycles. The van der Waals surface area contributed by atoms with Crippen LogP contribution in [0.4, 0.5) is 0 Å². The minimum Gasteiger partial charge on any atom is -0.508 e. The summed E-state index contributed by atoms with van der Waals surface area (Å²) < 4.78 is 27.8. The Balaban J connectivity index is 1.48. The smallest absolute Gasteiger partial charge is 0.337 e. The molecular formula is C32H38O14. The fourth-order valence-corrected chi connectivity index (χ4v) is 5.05.